The van der Waals surface area contributed by atoms with E-state index in [1.54, 1.807) is 0 Å². The molecule has 0 aromatic heterocycles. The van der Waals surface area contributed by atoms with Gasteiger partial charge in [-0.15, -0.1) is 0 Å². The molecule has 5 fully saturated rings. The molecule has 5 rings (SSSR count). The first kappa shape index (κ1) is 48.6. The van der Waals surface area contributed by atoms with Crippen LogP contribution in [0.1, 0.15) is 41.0 Å². The molecular formula is C35H61NO23. The van der Waals surface area contributed by atoms with Gasteiger partial charge in [-0.1, -0.05) is 6.92 Å². The summed E-state index contributed by atoms with van der Waals surface area (Å²) in [5.41, 5.74) is 0. The van der Waals surface area contributed by atoms with Crippen LogP contribution in [0.25, 0.3) is 0 Å². The summed E-state index contributed by atoms with van der Waals surface area (Å²) < 4.78 is 59.4. The predicted octanol–water partition coefficient (Wildman–Crippen LogP) is -7.26. The van der Waals surface area contributed by atoms with Crippen LogP contribution in [0.15, 0.2) is 0 Å². The van der Waals surface area contributed by atoms with E-state index in [9.17, 15) is 66.1 Å². The summed E-state index contributed by atoms with van der Waals surface area (Å²) in [4.78, 5) is 12.7. The molecule has 0 aromatic rings. The van der Waals surface area contributed by atoms with Gasteiger partial charge in [0, 0.05) is 13.5 Å². The van der Waals surface area contributed by atoms with Crippen molar-refractivity contribution in [1.29, 1.82) is 0 Å². The van der Waals surface area contributed by atoms with Gasteiger partial charge in [0.15, 0.2) is 31.5 Å². The van der Waals surface area contributed by atoms with E-state index in [1.807, 2.05) is 6.92 Å². The molecule has 0 saturated carbocycles. The second-order valence-electron chi connectivity index (χ2n) is 15.5. The Morgan fingerprint density at radius 1 is 0.492 bits per heavy atom. The first-order valence-corrected chi connectivity index (χ1v) is 19.6. The zero-order valence-corrected chi connectivity index (χ0v) is 33.1. The van der Waals surface area contributed by atoms with Crippen LogP contribution < -0.4 is 5.32 Å². The molecule has 24 nitrogen and oxygen atoms in total. The molecule has 1 amide bonds. The molecule has 0 aromatic carbocycles. The Kier molecular flexibility index (Phi) is 17.2. The maximum Gasteiger partial charge on any atom is 0.217 e. The van der Waals surface area contributed by atoms with E-state index in [4.69, 9.17) is 47.4 Å². The maximum atomic E-state index is 12.7. The number of nitrogens with one attached hydrogen (secondary N) is 1. The van der Waals surface area contributed by atoms with Gasteiger partial charge in [-0.2, -0.15) is 0 Å². The van der Waals surface area contributed by atoms with Gasteiger partial charge >= 0.3 is 0 Å². The first-order valence-electron chi connectivity index (χ1n) is 19.6. The summed E-state index contributed by atoms with van der Waals surface area (Å²) in [5, 5.41) is 131. The highest BCUT2D eigenvalue weighted by Gasteiger charge is 2.57. The second-order valence-corrected chi connectivity index (χ2v) is 15.5. The molecule has 0 spiro atoms. The van der Waals surface area contributed by atoms with Crippen LogP contribution in [0.4, 0.5) is 0 Å². The van der Waals surface area contributed by atoms with Crippen LogP contribution in [0.5, 0.6) is 0 Å². The molecule has 0 aliphatic carbocycles. The molecule has 5 aliphatic heterocycles. The second kappa shape index (κ2) is 20.8. The van der Waals surface area contributed by atoms with Crippen molar-refractivity contribution in [3.05, 3.63) is 0 Å². The fourth-order valence-corrected chi connectivity index (χ4v) is 7.57. The summed E-state index contributed by atoms with van der Waals surface area (Å²) in [6, 6.07) is -1.61. The third-order valence-electron chi connectivity index (χ3n) is 11.1. The van der Waals surface area contributed by atoms with Gasteiger partial charge in [-0.25, -0.2) is 0 Å². The van der Waals surface area contributed by atoms with Crippen LogP contribution in [-0.2, 0) is 52.2 Å². The molecule has 0 radical (unpaired) electrons. The van der Waals surface area contributed by atoms with Gasteiger partial charge in [0.1, 0.15) is 104 Å². The molecule has 0 unspecified atom stereocenters. The molecule has 5 aliphatic rings. The fraction of sp³-hybridized carbons (Fsp3) is 0.971. The summed E-state index contributed by atoms with van der Waals surface area (Å²) >= 11 is 0. The van der Waals surface area contributed by atoms with Crippen molar-refractivity contribution in [2.75, 3.05) is 19.8 Å². The summed E-state index contributed by atoms with van der Waals surface area (Å²) in [6.07, 6.45) is -38.8. The zero-order chi connectivity index (χ0) is 43.6. The van der Waals surface area contributed by atoms with E-state index in [0.29, 0.717) is 6.42 Å². The molecule has 5 heterocycles. The van der Waals surface area contributed by atoms with Crippen LogP contribution >= 0.6 is 0 Å². The van der Waals surface area contributed by atoms with E-state index in [-0.39, 0.29) is 6.61 Å². The lowest BCUT2D eigenvalue weighted by Gasteiger charge is -2.51. The number of carbonyl (C=O) groups excluding carboxylic acids is 1. The molecule has 5 saturated heterocycles. The predicted molar refractivity (Wildman–Crippen MR) is 188 cm³/mol. The van der Waals surface area contributed by atoms with Gasteiger partial charge in [0.05, 0.1) is 31.5 Å². The molecule has 25 atom stereocenters. The minimum Gasteiger partial charge on any atom is -0.394 e. The minimum absolute atomic E-state index is 0.123. The molecule has 24 heteroatoms. The van der Waals surface area contributed by atoms with Gasteiger partial charge < -0.3 is 114 Å². The van der Waals surface area contributed by atoms with Gasteiger partial charge in [-0.3, -0.25) is 4.79 Å². The number of amides is 1. The van der Waals surface area contributed by atoms with E-state index < -0.39 is 173 Å². The molecule has 344 valence electrons. The monoisotopic (exact) mass is 863 g/mol. The minimum atomic E-state index is -1.99. The van der Waals surface area contributed by atoms with Gasteiger partial charge in [0.2, 0.25) is 5.91 Å². The smallest absolute Gasteiger partial charge is 0.217 e. The van der Waals surface area contributed by atoms with Crippen molar-refractivity contribution in [3.63, 3.8) is 0 Å². The number of aliphatic hydroxyl groups excluding tert-OH is 12. The third kappa shape index (κ3) is 10.5. The van der Waals surface area contributed by atoms with Crippen molar-refractivity contribution in [1.82, 2.24) is 5.32 Å². The average Bonchev–Trinajstić information content (AvgIpc) is 3.20. The van der Waals surface area contributed by atoms with E-state index in [0.717, 1.165) is 6.92 Å². The molecule has 0 bridgehead atoms. The highest BCUT2D eigenvalue weighted by atomic mass is 16.8. The highest BCUT2D eigenvalue weighted by Crippen LogP contribution is 2.37. The van der Waals surface area contributed by atoms with Crippen LogP contribution in [-0.4, -0.2) is 240 Å². The summed E-state index contributed by atoms with van der Waals surface area (Å²) in [5.74, 6) is -0.749. The highest BCUT2D eigenvalue weighted by molar-refractivity contribution is 5.73. The van der Waals surface area contributed by atoms with Crippen molar-refractivity contribution in [2.45, 2.75) is 195 Å². The number of rotatable bonds is 14. The Morgan fingerprint density at radius 3 is 1.54 bits per heavy atom. The number of hydrogen-bond donors (Lipinski definition) is 13. The Bertz CT molecular complexity index is 1320. The quantitative estimate of drug-likeness (QED) is 0.0771. The topological polar surface area (TPSA) is 364 Å². The number of aliphatic hydroxyl groups is 12. The Hall–Kier alpha value is -1.41. The van der Waals surface area contributed by atoms with Crippen molar-refractivity contribution < 1.29 is 113 Å². The average molecular weight is 864 g/mol. The molecular weight excluding hydrogens is 802 g/mol. The largest absolute Gasteiger partial charge is 0.394 e. The summed E-state index contributed by atoms with van der Waals surface area (Å²) in [6.45, 7) is 5.54. The SMILES string of the molecule is CCCO[C@@H]1O[C@@H](C)[C@H](O)[C@@H](O)[C@H]1O[C@@H]1O[C@@H](C)[C@H](O)[C@@H](O[C@@H]2O[C@H](CO)[C@@H](O)[C@H](O)[C@H]2O)[C@H]1O[C@@H]1O[C@H](CO)[C@@H](O)[C@H](O[C@@H]2O[C@@H](C)[C@H](O)[C@@H](O)[C@H]2O)[C@H]1NC(C)=O. The fourth-order valence-electron chi connectivity index (χ4n) is 7.57. The Labute approximate surface area is 338 Å². The molecule has 13 N–H and O–H groups in total. The third-order valence-corrected chi connectivity index (χ3v) is 11.1. The number of carbonyl (C=O) groups is 1. The van der Waals surface area contributed by atoms with Crippen molar-refractivity contribution >= 4 is 5.91 Å². The first-order chi connectivity index (χ1) is 27.8. The molecule has 59 heavy (non-hydrogen) atoms. The maximum absolute atomic E-state index is 12.7. The van der Waals surface area contributed by atoms with Gasteiger partial charge in [0.25, 0.3) is 0 Å². The van der Waals surface area contributed by atoms with Crippen molar-refractivity contribution in [2.24, 2.45) is 0 Å². The number of ether oxygens (including phenoxy) is 10. The Balaban J connectivity index is 1.55. The lowest BCUT2D eigenvalue weighted by Crippen LogP contribution is -2.70. The zero-order valence-electron chi connectivity index (χ0n) is 33.1. The van der Waals surface area contributed by atoms with E-state index in [2.05, 4.69) is 5.32 Å². The van der Waals surface area contributed by atoms with E-state index in [1.165, 1.54) is 20.8 Å². The van der Waals surface area contributed by atoms with Crippen molar-refractivity contribution in [3.8, 4) is 0 Å². The number of hydrogen-bond acceptors (Lipinski definition) is 23. The summed E-state index contributed by atoms with van der Waals surface area (Å²) in [7, 11) is 0. The normalized spacial score (nSPS) is 51.0. The lowest BCUT2D eigenvalue weighted by atomic mass is 9.94. The van der Waals surface area contributed by atoms with E-state index >= 15 is 0 Å². The Morgan fingerprint density at radius 2 is 0.949 bits per heavy atom. The van der Waals surface area contributed by atoms with Gasteiger partial charge in [-0.05, 0) is 27.2 Å². The lowest BCUT2D eigenvalue weighted by molar-refractivity contribution is -0.405. The standard InChI is InChI=1S/C35H61NO23/c1-6-7-50-34-29(24(47)18(41)11(3)52-34)58-35-30(28(19(42)12(4)53-35)57-33-26(49)23(46)20(43)14(8-37)55-33)59-31-16(36-13(5)39)27(21(44)15(9-38)54-31)56-32-25(48)22(45)17(40)10(2)51-32/h10-12,14-35,37-38,40-49H,6-9H2,1-5H3,(H,36,39)/t10-,11-,12-,14+,15+,16+,17-,18-,19-,20+,21+,22+,23-,24+,25+,26+,27+,28+,29+,30+,31-,32-,33-,34+,35-/m0/s1. The van der Waals surface area contributed by atoms with Crippen LogP contribution in [0, 0.1) is 0 Å². The van der Waals surface area contributed by atoms with Crippen LogP contribution in [0.2, 0.25) is 0 Å². The van der Waals surface area contributed by atoms with Crippen LogP contribution in [0.3, 0.4) is 0 Å².